The van der Waals surface area contributed by atoms with Crippen molar-refractivity contribution in [2.24, 2.45) is 5.92 Å². The van der Waals surface area contributed by atoms with Gasteiger partial charge in [-0.05, 0) is 41.0 Å². The van der Waals surface area contributed by atoms with Gasteiger partial charge in [0.2, 0.25) is 5.91 Å². The Morgan fingerprint density at radius 1 is 1.06 bits per heavy atom. The summed E-state index contributed by atoms with van der Waals surface area (Å²) >= 11 is 0. The van der Waals surface area contributed by atoms with Crippen LogP contribution in [0, 0.1) is 5.92 Å². The molecule has 0 aliphatic heterocycles. The van der Waals surface area contributed by atoms with E-state index in [4.69, 9.17) is 9.84 Å². The Bertz CT molecular complexity index is 1010. The number of rotatable bonds is 9. The highest BCUT2D eigenvalue weighted by Crippen LogP contribution is 2.44. The molecule has 0 spiro atoms. The first-order valence-corrected chi connectivity index (χ1v) is 11.4. The maximum absolute atomic E-state index is 12.8. The molecular formula is C26H30N2O5. The molecule has 0 bridgehead atoms. The van der Waals surface area contributed by atoms with Gasteiger partial charge in [-0.25, -0.2) is 4.79 Å². The maximum atomic E-state index is 12.8. The minimum Gasteiger partial charge on any atom is -0.480 e. The molecule has 0 unspecified atom stereocenters. The number of nitrogens with zero attached hydrogens (tertiary/aromatic N) is 1. The van der Waals surface area contributed by atoms with Crippen LogP contribution >= 0.6 is 0 Å². The molecule has 33 heavy (non-hydrogen) atoms. The number of benzene rings is 2. The Hall–Kier alpha value is -3.35. The number of ether oxygens (including phenoxy) is 1. The monoisotopic (exact) mass is 450 g/mol. The van der Waals surface area contributed by atoms with Crippen molar-refractivity contribution in [3.8, 4) is 11.1 Å². The van der Waals surface area contributed by atoms with Crippen LogP contribution in [-0.4, -0.2) is 53.2 Å². The second kappa shape index (κ2) is 9.25. The zero-order valence-corrected chi connectivity index (χ0v) is 19.0. The average Bonchev–Trinajstić information content (AvgIpc) is 3.43. The third-order valence-electron chi connectivity index (χ3n) is 6.32. The van der Waals surface area contributed by atoms with Gasteiger partial charge in [-0.15, -0.1) is 0 Å². The van der Waals surface area contributed by atoms with E-state index in [0.717, 1.165) is 22.3 Å². The summed E-state index contributed by atoms with van der Waals surface area (Å²) in [6, 6.07) is 16.3. The lowest BCUT2D eigenvalue weighted by atomic mass is 9.98. The zero-order valence-electron chi connectivity index (χ0n) is 19.0. The van der Waals surface area contributed by atoms with Gasteiger partial charge in [-0.3, -0.25) is 9.59 Å². The van der Waals surface area contributed by atoms with E-state index in [9.17, 15) is 14.4 Å². The maximum Gasteiger partial charge on any atom is 0.407 e. The van der Waals surface area contributed by atoms with E-state index < -0.39 is 17.6 Å². The van der Waals surface area contributed by atoms with E-state index in [0.29, 0.717) is 19.4 Å². The second-order valence-corrected chi connectivity index (χ2v) is 9.47. The molecule has 0 saturated heterocycles. The van der Waals surface area contributed by atoms with Crippen LogP contribution in [0.15, 0.2) is 48.5 Å². The van der Waals surface area contributed by atoms with Crippen molar-refractivity contribution >= 4 is 18.0 Å². The van der Waals surface area contributed by atoms with Crippen LogP contribution in [0.3, 0.4) is 0 Å². The highest BCUT2D eigenvalue weighted by molar-refractivity contribution is 5.83. The van der Waals surface area contributed by atoms with Gasteiger partial charge in [0.05, 0.1) is 12.0 Å². The molecule has 174 valence electrons. The van der Waals surface area contributed by atoms with E-state index in [1.165, 1.54) is 4.90 Å². The van der Waals surface area contributed by atoms with Crippen molar-refractivity contribution in [3.63, 3.8) is 0 Å². The summed E-state index contributed by atoms with van der Waals surface area (Å²) in [5.74, 6) is -1.18. The Morgan fingerprint density at radius 3 is 2.15 bits per heavy atom. The van der Waals surface area contributed by atoms with Gasteiger partial charge in [0.15, 0.2) is 0 Å². The number of aliphatic carboxylic acids is 1. The number of hydrogen-bond donors (Lipinski definition) is 2. The van der Waals surface area contributed by atoms with Gasteiger partial charge in [-0.1, -0.05) is 62.4 Å². The van der Waals surface area contributed by atoms with Crippen LogP contribution < -0.4 is 5.32 Å². The van der Waals surface area contributed by atoms with Crippen molar-refractivity contribution in [2.45, 2.75) is 44.6 Å². The quantitative estimate of drug-likeness (QED) is 0.602. The second-order valence-electron chi connectivity index (χ2n) is 9.47. The van der Waals surface area contributed by atoms with E-state index in [1.807, 2.05) is 38.1 Å². The molecular weight excluding hydrogens is 420 g/mol. The summed E-state index contributed by atoms with van der Waals surface area (Å²) in [5.41, 5.74) is 3.96. The van der Waals surface area contributed by atoms with Gasteiger partial charge in [0.25, 0.3) is 0 Å². The minimum absolute atomic E-state index is 0.0305. The molecule has 7 heteroatoms. The van der Waals surface area contributed by atoms with E-state index in [-0.39, 0.29) is 37.3 Å². The molecule has 2 aliphatic rings. The van der Waals surface area contributed by atoms with E-state index in [1.54, 1.807) is 0 Å². The predicted octanol–water partition coefficient (Wildman–Crippen LogP) is 4.02. The summed E-state index contributed by atoms with van der Waals surface area (Å²) in [6.07, 6.45) is 0.879. The number of nitrogens with one attached hydrogen (secondary N) is 1. The third kappa shape index (κ3) is 5.18. The number of alkyl carbamates (subject to hydrolysis) is 1. The minimum atomic E-state index is -1.04. The highest BCUT2D eigenvalue weighted by Gasteiger charge is 2.47. The molecule has 2 amide bonds. The van der Waals surface area contributed by atoms with E-state index >= 15 is 0 Å². The van der Waals surface area contributed by atoms with Crippen LogP contribution in [0.1, 0.15) is 50.2 Å². The lowest BCUT2D eigenvalue weighted by Gasteiger charge is -2.26. The van der Waals surface area contributed by atoms with E-state index in [2.05, 4.69) is 29.6 Å². The number of amides is 2. The molecule has 1 saturated carbocycles. The summed E-state index contributed by atoms with van der Waals surface area (Å²) in [5, 5.41) is 12.0. The van der Waals surface area contributed by atoms with Crippen LogP contribution in [-0.2, 0) is 14.3 Å². The Morgan fingerprint density at radius 2 is 1.64 bits per heavy atom. The van der Waals surface area contributed by atoms with Gasteiger partial charge >= 0.3 is 12.1 Å². The molecule has 0 radical (unpaired) electrons. The lowest BCUT2D eigenvalue weighted by Crippen LogP contribution is -2.45. The standard InChI is InChI=1S/C26H30N2O5/c1-17(2)14-28(15-24(30)31)23(29)13-26(11-12-26)27-25(32)33-16-22-20-9-5-3-7-18(20)19-8-4-6-10-21(19)22/h3-10,17,22H,11-16H2,1-2H3,(H,27,32)(H,30,31). The zero-order chi connectivity index (χ0) is 23.6. The van der Waals surface area contributed by atoms with Crippen molar-refractivity contribution in [1.82, 2.24) is 10.2 Å². The Kier molecular flexibility index (Phi) is 6.40. The molecule has 7 nitrogen and oxygen atoms in total. The van der Waals surface area contributed by atoms with Gasteiger partial charge in [0, 0.05) is 12.5 Å². The number of carboxylic acid groups (broad SMARTS) is 1. The highest BCUT2D eigenvalue weighted by atomic mass is 16.5. The molecule has 2 aromatic rings. The fraction of sp³-hybridized carbons (Fsp3) is 0.423. The number of carbonyl (C=O) groups is 3. The first kappa shape index (κ1) is 22.8. The normalized spacial score (nSPS) is 15.5. The van der Waals surface area contributed by atoms with Crippen LogP contribution in [0.25, 0.3) is 11.1 Å². The van der Waals surface area contributed by atoms with Crippen LogP contribution in [0.4, 0.5) is 4.79 Å². The smallest absolute Gasteiger partial charge is 0.407 e. The number of carboxylic acids is 1. The summed E-state index contributed by atoms with van der Waals surface area (Å²) < 4.78 is 5.62. The largest absolute Gasteiger partial charge is 0.480 e. The first-order valence-electron chi connectivity index (χ1n) is 11.4. The lowest BCUT2D eigenvalue weighted by molar-refractivity contribution is -0.145. The van der Waals surface area contributed by atoms with Crippen LogP contribution in [0.5, 0.6) is 0 Å². The molecule has 2 N–H and O–H groups in total. The molecule has 0 heterocycles. The molecule has 1 fully saturated rings. The first-order chi connectivity index (χ1) is 15.8. The molecule has 2 aromatic carbocycles. The molecule has 2 aliphatic carbocycles. The third-order valence-corrected chi connectivity index (χ3v) is 6.32. The summed E-state index contributed by atoms with van der Waals surface area (Å²) in [4.78, 5) is 37.9. The number of carbonyl (C=O) groups excluding carboxylic acids is 2. The summed E-state index contributed by atoms with van der Waals surface area (Å²) in [6.45, 7) is 4.11. The number of fused-ring (bicyclic) bond motifs is 3. The fourth-order valence-electron chi connectivity index (χ4n) is 4.61. The van der Waals surface area contributed by atoms with Crippen molar-refractivity contribution in [3.05, 3.63) is 59.7 Å². The van der Waals surface area contributed by atoms with Crippen molar-refractivity contribution in [2.75, 3.05) is 19.7 Å². The number of hydrogen-bond acceptors (Lipinski definition) is 4. The SMILES string of the molecule is CC(C)CN(CC(=O)O)C(=O)CC1(NC(=O)OCC2c3ccccc3-c3ccccc32)CC1. The van der Waals surface area contributed by atoms with Gasteiger partial charge in [0.1, 0.15) is 13.2 Å². The van der Waals surface area contributed by atoms with Crippen LogP contribution in [0.2, 0.25) is 0 Å². The fourth-order valence-corrected chi connectivity index (χ4v) is 4.61. The van der Waals surface area contributed by atoms with Gasteiger partial charge in [-0.2, -0.15) is 0 Å². The topological polar surface area (TPSA) is 95.9 Å². The van der Waals surface area contributed by atoms with Gasteiger partial charge < -0.3 is 20.1 Å². The van der Waals surface area contributed by atoms with Crippen molar-refractivity contribution < 1.29 is 24.2 Å². The summed E-state index contributed by atoms with van der Waals surface area (Å²) in [7, 11) is 0. The molecule has 0 atom stereocenters. The predicted molar refractivity (Wildman–Crippen MR) is 124 cm³/mol. The average molecular weight is 451 g/mol. The Labute approximate surface area is 193 Å². The molecule has 0 aromatic heterocycles. The molecule has 4 rings (SSSR count). The van der Waals surface area contributed by atoms with Crippen molar-refractivity contribution in [1.29, 1.82) is 0 Å². The Balaban J connectivity index is 1.36.